The fourth-order valence-electron chi connectivity index (χ4n) is 2.57. The zero-order valence-corrected chi connectivity index (χ0v) is 11.5. The van der Waals surface area contributed by atoms with Crippen molar-refractivity contribution in [3.05, 3.63) is 0 Å². The first-order valence-corrected chi connectivity index (χ1v) is 7.00. The molecule has 1 fully saturated rings. The van der Waals surface area contributed by atoms with Crippen LogP contribution in [0.2, 0.25) is 0 Å². The Kier molecular flexibility index (Phi) is 5.44. The van der Waals surface area contributed by atoms with Gasteiger partial charge >= 0.3 is 5.97 Å². The molecule has 3 nitrogen and oxygen atoms in total. The van der Waals surface area contributed by atoms with Gasteiger partial charge in [-0.05, 0) is 44.6 Å². The van der Waals surface area contributed by atoms with E-state index in [-0.39, 0.29) is 0 Å². The molecule has 1 unspecified atom stereocenters. The number of rotatable bonds is 6. The van der Waals surface area contributed by atoms with Crippen LogP contribution >= 0.6 is 0 Å². The Bertz CT molecular complexity index is 247. The molecule has 0 bridgehead atoms. The van der Waals surface area contributed by atoms with Gasteiger partial charge in [-0.3, -0.25) is 4.79 Å². The highest BCUT2D eigenvalue weighted by Gasteiger charge is 2.31. The molecule has 0 aromatic rings. The van der Waals surface area contributed by atoms with Crippen LogP contribution in [0.3, 0.4) is 0 Å². The van der Waals surface area contributed by atoms with E-state index in [4.69, 9.17) is 0 Å². The summed E-state index contributed by atoms with van der Waals surface area (Å²) in [4.78, 5) is 11.2. The predicted molar refractivity (Wildman–Crippen MR) is 70.1 cm³/mol. The summed E-state index contributed by atoms with van der Waals surface area (Å²) in [5, 5.41) is 12.4. The summed E-state index contributed by atoms with van der Waals surface area (Å²) in [5.41, 5.74) is -0.748. The van der Waals surface area contributed by atoms with E-state index in [1.807, 2.05) is 6.92 Å². The summed E-state index contributed by atoms with van der Waals surface area (Å²) in [6.45, 7) is 6.83. The van der Waals surface area contributed by atoms with Crippen molar-refractivity contribution in [1.82, 2.24) is 5.32 Å². The quantitative estimate of drug-likeness (QED) is 0.751. The minimum absolute atomic E-state index is 0.632. The third kappa shape index (κ3) is 3.98. The van der Waals surface area contributed by atoms with E-state index in [0.717, 1.165) is 12.5 Å². The number of hydrogen-bond donors (Lipinski definition) is 2. The molecule has 1 aliphatic carbocycles. The van der Waals surface area contributed by atoms with E-state index in [1.165, 1.54) is 32.1 Å². The summed E-state index contributed by atoms with van der Waals surface area (Å²) in [7, 11) is 0. The van der Waals surface area contributed by atoms with Gasteiger partial charge in [-0.1, -0.05) is 33.1 Å². The molecule has 100 valence electrons. The molecule has 1 saturated carbocycles. The Morgan fingerprint density at radius 2 is 1.76 bits per heavy atom. The lowest BCUT2D eigenvalue weighted by atomic mass is 9.80. The molecule has 0 aromatic heterocycles. The summed E-state index contributed by atoms with van der Waals surface area (Å²) in [5.74, 6) is 0.841. The standard InChI is InChI=1S/C14H27NO2/c1-4-11-6-8-12(9-7-11)10-15-14(3,5-2)13(16)17/h11-12,15H,4-10H2,1-3H3,(H,16,17). The second-order valence-electron chi connectivity index (χ2n) is 5.67. The van der Waals surface area contributed by atoms with Crippen molar-refractivity contribution >= 4 is 5.97 Å². The van der Waals surface area contributed by atoms with Crippen molar-refractivity contribution < 1.29 is 9.90 Å². The van der Waals surface area contributed by atoms with E-state index in [0.29, 0.717) is 12.3 Å². The van der Waals surface area contributed by atoms with Gasteiger partial charge in [0.05, 0.1) is 0 Å². The second kappa shape index (κ2) is 6.39. The van der Waals surface area contributed by atoms with Crippen LogP contribution in [0.15, 0.2) is 0 Å². The van der Waals surface area contributed by atoms with Gasteiger partial charge in [-0.15, -0.1) is 0 Å². The van der Waals surface area contributed by atoms with Gasteiger partial charge in [-0.2, -0.15) is 0 Å². The van der Waals surface area contributed by atoms with Crippen LogP contribution in [0, 0.1) is 11.8 Å². The molecule has 0 aromatic carbocycles. The molecule has 1 atom stereocenters. The van der Waals surface area contributed by atoms with Gasteiger partial charge in [0.2, 0.25) is 0 Å². The van der Waals surface area contributed by atoms with E-state index in [1.54, 1.807) is 6.92 Å². The fourth-order valence-corrected chi connectivity index (χ4v) is 2.57. The van der Waals surface area contributed by atoms with Crippen LogP contribution in [-0.2, 0) is 4.79 Å². The Hall–Kier alpha value is -0.570. The maximum atomic E-state index is 11.2. The van der Waals surface area contributed by atoms with E-state index < -0.39 is 11.5 Å². The first-order valence-electron chi connectivity index (χ1n) is 7.00. The smallest absolute Gasteiger partial charge is 0.323 e. The summed E-state index contributed by atoms with van der Waals surface area (Å²) >= 11 is 0. The predicted octanol–water partition coefficient (Wildman–Crippen LogP) is 3.05. The highest BCUT2D eigenvalue weighted by molar-refractivity contribution is 5.78. The van der Waals surface area contributed by atoms with E-state index in [2.05, 4.69) is 12.2 Å². The normalized spacial score (nSPS) is 28.6. The van der Waals surface area contributed by atoms with Crippen molar-refractivity contribution in [2.24, 2.45) is 11.8 Å². The Morgan fingerprint density at radius 1 is 1.24 bits per heavy atom. The molecular formula is C14H27NO2. The van der Waals surface area contributed by atoms with Crippen LogP contribution < -0.4 is 5.32 Å². The molecule has 2 N–H and O–H groups in total. The summed E-state index contributed by atoms with van der Waals surface area (Å²) in [6.07, 6.45) is 7.07. The Labute approximate surface area is 105 Å². The number of carboxylic acid groups (broad SMARTS) is 1. The molecule has 0 spiro atoms. The van der Waals surface area contributed by atoms with Crippen molar-refractivity contribution in [2.45, 2.75) is 64.8 Å². The van der Waals surface area contributed by atoms with E-state index in [9.17, 15) is 9.90 Å². The number of nitrogens with one attached hydrogen (secondary N) is 1. The topological polar surface area (TPSA) is 49.3 Å². The SMILES string of the molecule is CCC1CCC(CNC(C)(CC)C(=O)O)CC1. The molecule has 1 aliphatic rings. The zero-order chi connectivity index (χ0) is 12.9. The van der Waals surface area contributed by atoms with Crippen molar-refractivity contribution in [2.75, 3.05) is 6.54 Å². The molecular weight excluding hydrogens is 214 g/mol. The second-order valence-corrected chi connectivity index (χ2v) is 5.67. The van der Waals surface area contributed by atoms with Gasteiger partial charge in [0.25, 0.3) is 0 Å². The lowest BCUT2D eigenvalue weighted by Gasteiger charge is -2.31. The summed E-state index contributed by atoms with van der Waals surface area (Å²) in [6, 6.07) is 0. The average molecular weight is 241 g/mol. The molecule has 1 rings (SSSR count). The maximum Gasteiger partial charge on any atom is 0.323 e. The Balaban J connectivity index is 2.34. The van der Waals surface area contributed by atoms with Gasteiger partial charge < -0.3 is 10.4 Å². The number of carbonyl (C=O) groups is 1. The van der Waals surface area contributed by atoms with E-state index >= 15 is 0 Å². The minimum atomic E-state index is -0.748. The average Bonchev–Trinajstić information content (AvgIpc) is 2.36. The van der Waals surface area contributed by atoms with Crippen LogP contribution in [-0.4, -0.2) is 23.2 Å². The van der Waals surface area contributed by atoms with Gasteiger partial charge in [0, 0.05) is 0 Å². The third-order valence-corrected chi connectivity index (χ3v) is 4.50. The molecule has 0 amide bonds. The van der Waals surface area contributed by atoms with Gasteiger partial charge in [0.15, 0.2) is 0 Å². The van der Waals surface area contributed by atoms with Crippen LogP contribution in [0.4, 0.5) is 0 Å². The van der Waals surface area contributed by atoms with Crippen LogP contribution in [0.1, 0.15) is 59.3 Å². The maximum absolute atomic E-state index is 11.2. The van der Waals surface area contributed by atoms with Crippen molar-refractivity contribution in [1.29, 1.82) is 0 Å². The summed E-state index contributed by atoms with van der Waals surface area (Å²) < 4.78 is 0. The molecule has 3 heteroatoms. The molecule has 17 heavy (non-hydrogen) atoms. The largest absolute Gasteiger partial charge is 0.480 e. The number of carboxylic acids is 1. The van der Waals surface area contributed by atoms with Crippen LogP contribution in [0.5, 0.6) is 0 Å². The highest BCUT2D eigenvalue weighted by Crippen LogP contribution is 2.30. The van der Waals surface area contributed by atoms with Crippen molar-refractivity contribution in [3.8, 4) is 0 Å². The minimum Gasteiger partial charge on any atom is -0.480 e. The number of hydrogen-bond acceptors (Lipinski definition) is 2. The molecule has 0 heterocycles. The zero-order valence-electron chi connectivity index (χ0n) is 11.5. The third-order valence-electron chi connectivity index (χ3n) is 4.50. The lowest BCUT2D eigenvalue weighted by molar-refractivity contribution is -0.144. The first kappa shape index (κ1) is 14.5. The fraction of sp³-hybridized carbons (Fsp3) is 0.929. The molecule has 0 radical (unpaired) electrons. The van der Waals surface area contributed by atoms with Gasteiger partial charge in [0.1, 0.15) is 5.54 Å². The monoisotopic (exact) mass is 241 g/mol. The Morgan fingerprint density at radius 3 is 2.18 bits per heavy atom. The lowest BCUT2D eigenvalue weighted by Crippen LogP contribution is -2.50. The highest BCUT2D eigenvalue weighted by atomic mass is 16.4. The first-order chi connectivity index (χ1) is 8.01. The molecule has 0 aliphatic heterocycles. The molecule has 0 saturated heterocycles. The van der Waals surface area contributed by atoms with Gasteiger partial charge in [-0.25, -0.2) is 0 Å². The van der Waals surface area contributed by atoms with Crippen LogP contribution in [0.25, 0.3) is 0 Å². The van der Waals surface area contributed by atoms with Crippen molar-refractivity contribution in [3.63, 3.8) is 0 Å². The number of aliphatic carboxylic acids is 1.